The second kappa shape index (κ2) is 8.06. The number of para-hydroxylation sites is 1. The molecule has 134 valence electrons. The molecule has 27 heavy (non-hydrogen) atoms. The first-order valence-electron chi connectivity index (χ1n) is 8.95. The van der Waals surface area contributed by atoms with Crippen LogP contribution in [0.2, 0.25) is 0 Å². The van der Waals surface area contributed by atoms with E-state index in [4.69, 9.17) is 9.72 Å². The van der Waals surface area contributed by atoms with Gasteiger partial charge in [0.05, 0.1) is 5.69 Å². The van der Waals surface area contributed by atoms with Crippen LogP contribution in [-0.4, -0.2) is 4.98 Å². The molecule has 1 N–H and O–H groups in total. The number of hydrogen-bond acceptors (Lipinski definition) is 4. The van der Waals surface area contributed by atoms with Crippen LogP contribution in [0, 0.1) is 0 Å². The number of nitrogens with zero attached hydrogens (tertiary/aromatic N) is 1. The van der Waals surface area contributed by atoms with Gasteiger partial charge in [-0.25, -0.2) is 4.98 Å². The first-order valence-corrected chi connectivity index (χ1v) is 9.83. The molecule has 0 aliphatic heterocycles. The van der Waals surface area contributed by atoms with Crippen molar-refractivity contribution in [3.05, 3.63) is 89.8 Å². The molecular formula is C23H20N2OS. The number of aryl methyl sites for hydroxylation is 1. The van der Waals surface area contributed by atoms with Gasteiger partial charge in [-0.15, -0.1) is 11.3 Å². The summed E-state index contributed by atoms with van der Waals surface area (Å²) in [7, 11) is 0. The first kappa shape index (κ1) is 17.3. The lowest BCUT2D eigenvalue weighted by molar-refractivity contribution is 0.483. The van der Waals surface area contributed by atoms with Crippen molar-refractivity contribution in [3.8, 4) is 22.8 Å². The summed E-state index contributed by atoms with van der Waals surface area (Å²) >= 11 is 1.60. The van der Waals surface area contributed by atoms with Gasteiger partial charge in [0.25, 0.3) is 0 Å². The second-order valence-electron chi connectivity index (χ2n) is 6.15. The van der Waals surface area contributed by atoms with Gasteiger partial charge in [0.15, 0.2) is 5.13 Å². The highest BCUT2D eigenvalue weighted by molar-refractivity contribution is 7.14. The predicted molar refractivity (Wildman–Crippen MR) is 113 cm³/mol. The van der Waals surface area contributed by atoms with Crippen LogP contribution >= 0.6 is 11.3 Å². The molecule has 4 aromatic rings. The molecule has 3 nitrogen and oxygen atoms in total. The Morgan fingerprint density at radius 1 is 0.852 bits per heavy atom. The Morgan fingerprint density at radius 3 is 2.26 bits per heavy atom. The highest BCUT2D eigenvalue weighted by atomic mass is 32.1. The molecule has 0 fully saturated rings. The first-order chi connectivity index (χ1) is 13.3. The fourth-order valence-electron chi connectivity index (χ4n) is 2.73. The standard InChI is InChI=1S/C23H20N2OS/c1-2-17-8-10-18(11-9-17)22-16-27-23(25-22)24-19-12-14-21(15-13-19)26-20-6-4-3-5-7-20/h3-16H,2H2,1H3,(H,24,25). The summed E-state index contributed by atoms with van der Waals surface area (Å²) in [6.07, 6.45) is 1.05. The fourth-order valence-corrected chi connectivity index (χ4v) is 3.47. The Balaban J connectivity index is 1.42. The lowest BCUT2D eigenvalue weighted by Gasteiger charge is -2.07. The van der Waals surface area contributed by atoms with E-state index >= 15 is 0 Å². The number of nitrogens with one attached hydrogen (secondary N) is 1. The molecule has 0 amide bonds. The van der Waals surface area contributed by atoms with Crippen molar-refractivity contribution in [3.63, 3.8) is 0 Å². The zero-order valence-corrected chi connectivity index (χ0v) is 15.9. The Labute approximate surface area is 163 Å². The van der Waals surface area contributed by atoms with Crippen molar-refractivity contribution in [1.29, 1.82) is 0 Å². The van der Waals surface area contributed by atoms with Crippen molar-refractivity contribution in [2.45, 2.75) is 13.3 Å². The van der Waals surface area contributed by atoms with E-state index in [1.165, 1.54) is 5.56 Å². The number of benzene rings is 3. The van der Waals surface area contributed by atoms with E-state index in [-0.39, 0.29) is 0 Å². The van der Waals surface area contributed by atoms with E-state index in [0.29, 0.717) is 0 Å². The maximum absolute atomic E-state index is 5.82. The molecule has 4 rings (SSSR count). The van der Waals surface area contributed by atoms with Gasteiger partial charge in [-0.2, -0.15) is 0 Å². The third-order valence-electron chi connectivity index (χ3n) is 4.25. The Kier molecular flexibility index (Phi) is 5.17. The van der Waals surface area contributed by atoms with Gasteiger partial charge in [-0.1, -0.05) is 49.4 Å². The maximum Gasteiger partial charge on any atom is 0.187 e. The maximum atomic E-state index is 5.82. The van der Waals surface area contributed by atoms with Crippen LogP contribution in [0.25, 0.3) is 11.3 Å². The fraction of sp³-hybridized carbons (Fsp3) is 0.0870. The molecule has 3 aromatic carbocycles. The van der Waals surface area contributed by atoms with Gasteiger partial charge >= 0.3 is 0 Å². The third kappa shape index (κ3) is 4.36. The van der Waals surface area contributed by atoms with Crippen LogP contribution < -0.4 is 10.1 Å². The van der Waals surface area contributed by atoms with Crippen molar-refractivity contribution < 1.29 is 4.74 Å². The molecule has 4 heteroatoms. The van der Waals surface area contributed by atoms with Gasteiger partial charge in [-0.05, 0) is 48.4 Å². The van der Waals surface area contributed by atoms with Crippen LogP contribution in [0.5, 0.6) is 11.5 Å². The van der Waals surface area contributed by atoms with Gasteiger partial charge in [-0.3, -0.25) is 0 Å². The minimum absolute atomic E-state index is 0.808. The average molecular weight is 372 g/mol. The SMILES string of the molecule is CCc1ccc(-c2csc(Nc3ccc(Oc4ccccc4)cc3)n2)cc1. The topological polar surface area (TPSA) is 34.1 Å². The number of rotatable bonds is 6. The summed E-state index contributed by atoms with van der Waals surface area (Å²) in [5, 5.41) is 6.32. The van der Waals surface area contributed by atoms with Crippen molar-refractivity contribution >= 4 is 22.2 Å². The van der Waals surface area contributed by atoms with E-state index < -0.39 is 0 Å². The molecular weight excluding hydrogens is 352 g/mol. The Hall–Kier alpha value is -3.11. The lowest BCUT2D eigenvalue weighted by Crippen LogP contribution is -1.90. The number of aromatic nitrogens is 1. The van der Waals surface area contributed by atoms with Gasteiger partial charge in [0.2, 0.25) is 0 Å². The third-order valence-corrected chi connectivity index (χ3v) is 5.00. The quantitative estimate of drug-likeness (QED) is 0.399. The van der Waals surface area contributed by atoms with Crippen LogP contribution in [0.15, 0.2) is 84.2 Å². The molecule has 0 saturated carbocycles. The van der Waals surface area contributed by atoms with Crippen LogP contribution in [0.1, 0.15) is 12.5 Å². The minimum atomic E-state index is 0.808. The number of ether oxygens (including phenoxy) is 1. The highest BCUT2D eigenvalue weighted by Crippen LogP contribution is 2.29. The predicted octanol–water partition coefficient (Wildman–Crippen LogP) is 6.91. The molecule has 0 spiro atoms. The second-order valence-corrected chi connectivity index (χ2v) is 7.01. The monoisotopic (exact) mass is 372 g/mol. The number of thiazole rings is 1. The molecule has 0 radical (unpaired) electrons. The van der Waals surface area contributed by atoms with E-state index in [9.17, 15) is 0 Å². The van der Waals surface area contributed by atoms with Crippen LogP contribution in [0.3, 0.4) is 0 Å². The molecule has 0 unspecified atom stereocenters. The molecule has 1 aromatic heterocycles. The minimum Gasteiger partial charge on any atom is -0.457 e. The summed E-state index contributed by atoms with van der Waals surface area (Å²) in [6, 6.07) is 26.3. The zero-order chi connectivity index (χ0) is 18.5. The molecule has 0 saturated heterocycles. The van der Waals surface area contributed by atoms with Crippen molar-refractivity contribution in [1.82, 2.24) is 4.98 Å². The summed E-state index contributed by atoms with van der Waals surface area (Å²) in [6.45, 7) is 2.16. The molecule has 0 atom stereocenters. The zero-order valence-electron chi connectivity index (χ0n) is 15.1. The van der Waals surface area contributed by atoms with Gasteiger partial charge in [0, 0.05) is 16.6 Å². The highest BCUT2D eigenvalue weighted by Gasteiger charge is 2.05. The van der Waals surface area contributed by atoms with Crippen LogP contribution in [-0.2, 0) is 6.42 Å². The Morgan fingerprint density at radius 2 is 1.56 bits per heavy atom. The smallest absolute Gasteiger partial charge is 0.187 e. The van der Waals surface area contributed by atoms with E-state index in [0.717, 1.165) is 40.0 Å². The molecule has 0 aliphatic rings. The van der Waals surface area contributed by atoms with Gasteiger partial charge in [0.1, 0.15) is 11.5 Å². The van der Waals surface area contributed by atoms with E-state index in [1.807, 2.05) is 54.6 Å². The molecule has 1 heterocycles. The van der Waals surface area contributed by atoms with Crippen LogP contribution in [0.4, 0.5) is 10.8 Å². The number of anilines is 2. The largest absolute Gasteiger partial charge is 0.457 e. The summed E-state index contributed by atoms with van der Waals surface area (Å²) in [5.41, 5.74) is 4.46. The average Bonchev–Trinajstić information content (AvgIpc) is 3.19. The van der Waals surface area contributed by atoms with E-state index in [1.54, 1.807) is 11.3 Å². The lowest BCUT2D eigenvalue weighted by atomic mass is 10.1. The number of hydrogen-bond donors (Lipinski definition) is 1. The van der Waals surface area contributed by atoms with Crippen molar-refractivity contribution in [2.24, 2.45) is 0 Å². The summed E-state index contributed by atoms with van der Waals surface area (Å²) < 4.78 is 5.82. The van der Waals surface area contributed by atoms with E-state index in [2.05, 4.69) is 41.9 Å². The molecule has 0 aliphatic carbocycles. The summed E-state index contributed by atoms with van der Waals surface area (Å²) in [5.74, 6) is 1.64. The van der Waals surface area contributed by atoms with Gasteiger partial charge < -0.3 is 10.1 Å². The normalized spacial score (nSPS) is 10.6. The molecule has 0 bridgehead atoms. The summed E-state index contributed by atoms with van der Waals surface area (Å²) in [4.78, 5) is 4.70. The Bertz CT molecular complexity index is 993. The van der Waals surface area contributed by atoms with Crippen molar-refractivity contribution in [2.75, 3.05) is 5.32 Å².